The summed E-state index contributed by atoms with van der Waals surface area (Å²) in [6.07, 6.45) is 1.42. The van der Waals surface area contributed by atoms with Gasteiger partial charge in [0, 0.05) is 88.7 Å². The summed E-state index contributed by atoms with van der Waals surface area (Å²) in [6, 6.07) is -4.80. The maximum Gasteiger partial charge on any atom is 0.305 e. The number of aliphatic hydroxyl groups is 1. The van der Waals surface area contributed by atoms with Crippen LogP contribution in [-0.4, -0.2) is 221 Å². The second-order valence-corrected chi connectivity index (χ2v) is 32.0. The van der Waals surface area contributed by atoms with Gasteiger partial charge < -0.3 is 99.8 Å². The summed E-state index contributed by atoms with van der Waals surface area (Å²) in [7, 11) is 1.67. The van der Waals surface area contributed by atoms with Crippen LogP contribution >= 0.6 is 21.6 Å². The Kier molecular flexibility index (Phi) is 33.3. The van der Waals surface area contributed by atoms with Gasteiger partial charge in [0.05, 0.1) is 31.4 Å². The van der Waals surface area contributed by atoms with Crippen molar-refractivity contribution in [1.29, 1.82) is 0 Å². The number of benzene rings is 2. The first-order valence-corrected chi connectivity index (χ1v) is 38.6. The minimum atomic E-state index is -1.71. The van der Waals surface area contributed by atoms with Crippen LogP contribution in [0.5, 0.6) is 0 Å². The van der Waals surface area contributed by atoms with Gasteiger partial charge in [-0.3, -0.25) is 71.9 Å². The van der Waals surface area contributed by atoms with Crippen LogP contribution in [0, 0.1) is 23.2 Å². The molecule has 1 aliphatic heterocycles. The Labute approximate surface area is 643 Å². The molecule has 4 heterocycles. The lowest BCUT2D eigenvalue weighted by molar-refractivity contribution is -0.140. The van der Waals surface area contributed by atoms with Crippen LogP contribution in [0.1, 0.15) is 125 Å². The predicted molar refractivity (Wildman–Crippen MR) is 408 cm³/mol. The van der Waals surface area contributed by atoms with Crippen molar-refractivity contribution in [2.24, 2.45) is 28.9 Å². The van der Waals surface area contributed by atoms with Gasteiger partial charge in [0.1, 0.15) is 66.5 Å². The highest BCUT2D eigenvalue weighted by atomic mass is 33.1. The number of aromatic nitrogens is 4. The molecule has 13 atom stereocenters. The monoisotopic (exact) mass is 1570 g/mol. The van der Waals surface area contributed by atoms with E-state index in [-0.39, 0.29) is 43.9 Å². The fourth-order valence-corrected chi connectivity index (χ4v) is 14.2. The number of nitrogens with one attached hydrogen (secondary N) is 15. The molecule has 5 aromatic rings. The maximum absolute atomic E-state index is 15.2. The second kappa shape index (κ2) is 41.4. The Morgan fingerprint density at radius 1 is 0.582 bits per heavy atom. The first-order chi connectivity index (χ1) is 51.8. The summed E-state index contributed by atoms with van der Waals surface area (Å²) in [5.74, 6) is -17.5. The van der Waals surface area contributed by atoms with Crippen molar-refractivity contribution < 1.29 is 87.2 Å². The van der Waals surface area contributed by atoms with Crippen LogP contribution in [0.4, 0.5) is 0 Å². The zero-order valence-corrected chi connectivity index (χ0v) is 64.9. The molecule has 0 bridgehead atoms. The SMILES string of the molecule is CC(C)C[C@@H]1NC(=O)[C@H](Cc2cnc[nH]2)NC(=O)[C@H](Cc2c[nH]c3ccccc23)NC(=O)[C@H](C)NC(=O)[C@@H](NC(=O)[C@@H](N)CC(=O)O)CSSC[C@@H](C(=O)N[C@H](C(=O)C(C)(C)C)[C@@H](C)O)NC(=O)[C@H](Cc2c[nH]c3ccccc23)NC(=O)[C@H](C(C)C)NC(=O)[C@H](CC(C)C)NC(=O)[C@H](CCC(=O)O)NC(=O)CNC1=O. The summed E-state index contributed by atoms with van der Waals surface area (Å²) >= 11 is 0. The molecule has 12 amide bonds. The highest BCUT2D eigenvalue weighted by molar-refractivity contribution is 8.76. The van der Waals surface area contributed by atoms with E-state index in [0.29, 0.717) is 38.6 Å². The molecular weight excluding hydrogens is 1470 g/mol. The Balaban J connectivity index is 1.46. The van der Waals surface area contributed by atoms with Crippen molar-refractivity contribution >= 4 is 132 Å². The number of ketones is 1. The lowest BCUT2D eigenvalue weighted by atomic mass is 9.84. The Hall–Kier alpha value is -10.4. The second-order valence-electron chi connectivity index (χ2n) is 29.4. The molecule has 0 spiro atoms. The van der Waals surface area contributed by atoms with Crippen LogP contribution in [0.3, 0.4) is 0 Å². The fourth-order valence-electron chi connectivity index (χ4n) is 11.9. The number of aromatic amines is 3. The number of hydrogen-bond acceptors (Lipinski definition) is 20. The van der Waals surface area contributed by atoms with Crippen molar-refractivity contribution in [3.05, 3.63) is 90.3 Å². The van der Waals surface area contributed by atoms with Crippen molar-refractivity contribution in [1.82, 2.24) is 83.7 Å². The van der Waals surface area contributed by atoms with Gasteiger partial charge in [-0.25, -0.2) is 4.98 Å². The van der Waals surface area contributed by atoms with Crippen molar-refractivity contribution in [2.75, 3.05) is 18.1 Å². The number of para-hydroxylation sites is 2. The molecule has 0 unspecified atom stereocenters. The Morgan fingerprint density at radius 3 is 1.60 bits per heavy atom. The molecule has 0 saturated carbocycles. The summed E-state index contributed by atoms with van der Waals surface area (Å²) in [5, 5.41) is 62.8. The van der Waals surface area contributed by atoms with Crippen molar-refractivity contribution in [3.8, 4) is 0 Å². The number of hydrogen-bond donors (Lipinski definition) is 19. The molecule has 1 fully saturated rings. The van der Waals surface area contributed by atoms with Gasteiger partial charge in [0.25, 0.3) is 0 Å². The van der Waals surface area contributed by atoms with Crippen LogP contribution in [0.2, 0.25) is 0 Å². The number of nitrogens with zero attached hydrogens (tertiary/aromatic N) is 1. The fraction of sp³-hybridized carbons (Fsp3) is 0.534. The van der Waals surface area contributed by atoms with Crippen molar-refractivity contribution in [2.45, 2.75) is 206 Å². The molecule has 3 aromatic heterocycles. The number of carboxylic acid groups (broad SMARTS) is 2. The van der Waals surface area contributed by atoms with E-state index >= 15 is 4.79 Å². The van der Waals surface area contributed by atoms with Gasteiger partial charge in [-0.05, 0) is 74.1 Å². The number of rotatable bonds is 22. The molecule has 1 saturated heterocycles. The topological polar surface area (TPSA) is 547 Å². The number of amides is 12. The average Bonchev–Trinajstić information content (AvgIpc) is 1.64. The predicted octanol–water partition coefficient (Wildman–Crippen LogP) is -0.325. The molecule has 20 N–H and O–H groups in total. The van der Waals surface area contributed by atoms with Crippen LogP contribution in [0.25, 0.3) is 21.8 Å². The number of aliphatic carboxylic acids is 2. The molecule has 37 heteroatoms. The van der Waals surface area contributed by atoms with E-state index in [1.165, 1.54) is 26.4 Å². The van der Waals surface area contributed by atoms with Gasteiger partial charge in [-0.1, -0.05) is 120 Å². The van der Waals surface area contributed by atoms with E-state index in [9.17, 15) is 82.4 Å². The lowest BCUT2D eigenvalue weighted by Gasteiger charge is -2.30. The van der Waals surface area contributed by atoms with E-state index in [4.69, 9.17) is 5.73 Å². The van der Waals surface area contributed by atoms with Gasteiger partial charge in [-0.2, -0.15) is 0 Å². The number of carbonyl (C=O) groups excluding carboxylic acids is 13. The minimum absolute atomic E-state index is 0.0413. The Morgan fingerprint density at radius 2 is 1.08 bits per heavy atom. The molecule has 0 radical (unpaired) electrons. The molecule has 0 aliphatic carbocycles. The molecule has 110 heavy (non-hydrogen) atoms. The number of aliphatic hydroxyl groups excluding tert-OH is 1. The van der Waals surface area contributed by atoms with E-state index in [1.807, 2.05) is 0 Å². The number of carboxylic acids is 2. The number of Topliss-reactive ketones (excluding diaryl/α,β-unsaturated/α-hetero) is 1. The number of H-pyrrole nitrogens is 3. The number of imidazole rings is 1. The number of fused-ring (bicyclic) bond motifs is 2. The van der Waals surface area contributed by atoms with Crippen LogP contribution < -0.4 is 69.5 Å². The highest BCUT2D eigenvalue weighted by Crippen LogP contribution is 2.26. The zero-order chi connectivity index (χ0) is 81.4. The maximum atomic E-state index is 15.2. The van der Waals surface area contributed by atoms with Crippen molar-refractivity contribution in [3.63, 3.8) is 0 Å². The molecule has 2 aromatic carbocycles. The third-order valence-electron chi connectivity index (χ3n) is 17.8. The third-order valence-corrected chi connectivity index (χ3v) is 20.3. The first-order valence-electron chi connectivity index (χ1n) is 36.1. The third kappa shape index (κ3) is 27.0. The van der Waals surface area contributed by atoms with E-state index in [2.05, 4.69) is 83.7 Å². The largest absolute Gasteiger partial charge is 0.481 e. The summed E-state index contributed by atoms with van der Waals surface area (Å²) in [5.41, 5.74) is 7.48. The number of carbonyl (C=O) groups is 15. The standard InChI is InChI=1S/C73H103N17O18S2/c1-35(2)22-49-64(100)78-31-56(92)81-48(20-21-57(93)94)65(101)84-50(23-36(3)4)69(105)89-59(37(5)6)72(108)86-52(25-41-29-77-47-19-15-13-17-44(41)47)67(103)88-55(71(107)90-60(39(8)91)61(97)73(9,10)11)33-110-109-32-54(87-63(99)45(74)27-58(95)96)70(106)80-38(7)62(98)82-51(24-40-28-76-46-18-14-12-16-43(40)46)66(102)85-53(68(104)83-49)26-42-30-75-34-79-42/h12-19,28-30,34-39,45,48-55,59-60,76-77,91H,20-27,31-33,74H2,1-11H3,(H,75,79)(H,78,100)(H,80,106)(H,81,92)(H,82,98)(H,83,104)(H,84,101)(H,85,102)(H,86,108)(H,87,99)(H,88,103)(H,89,105)(H,90,107)(H,93,94)(H,95,96)/t38-,39+,45-,48-,49-,50-,51-,52-,53-,54-,55-,59-,60-/m0/s1. The molecular formula is C73H103N17O18S2. The minimum Gasteiger partial charge on any atom is -0.481 e. The summed E-state index contributed by atoms with van der Waals surface area (Å²) < 4.78 is 0. The van der Waals surface area contributed by atoms with Gasteiger partial charge in [0.2, 0.25) is 70.9 Å². The molecule has 600 valence electrons. The highest BCUT2D eigenvalue weighted by Gasteiger charge is 2.40. The lowest BCUT2D eigenvalue weighted by Crippen LogP contribution is -2.61. The van der Waals surface area contributed by atoms with Gasteiger partial charge in [0.15, 0.2) is 5.78 Å². The summed E-state index contributed by atoms with van der Waals surface area (Å²) in [4.78, 5) is 225. The van der Waals surface area contributed by atoms with E-state index in [1.54, 1.807) is 123 Å². The molecule has 35 nitrogen and oxygen atoms in total. The van der Waals surface area contributed by atoms with Gasteiger partial charge >= 0.3 is 11.9 Å². The first kappa shape index (κ1) is 88.5. The average molecular weight is 1570 g/mol. The van der Waals surface area contributed by atoms with Gasteiger partial charge in [-0.15, -0.1) is 0 Å². The summed E-state index contributed by atoms with van der Waals surface area (Å²) in [6.45, 7) is 16.5. The zero-order valence-electron chi connectivity index (χ0n) is 63.3. The number of nitrogens with two attached hydrogens (primary N) is 1. The van der Waals surface area contributed by atoms with Crippen LogP contribution in [-0.2, 0) is 91.2 Å². The van der Waals surface area contributed by atoms with E-state index < -0.39 is 216 Å². The smallest absolute Gasteiger partial charge is 0.305 e. The molecule has 6 rings (SSSR count). The van der Waals surface area contributed by atoms with Crippen LogP contribution in [0.15, 0.2) is 73.4 Å². The molecule has 1 aliphatic rings. The normalized spacial score (nSPS) is 23.1. The van der Waals surface area contributed by atoms with E-state index in [0.717, 1.165) is 21.6 Å². The quantitative estimate of drug-likeness (QED) is 0.0395. The Bertz CT molecular complexity index is 4100.